The number of morpholine rings is 1. The van der Waals surface area contributed by atoms with Gasteiger partial charge in [0.05, 0.1) is 13.2 Å². The van der Waals surface area contributed by atoms with Gasteiger partial charge in [0.25, 0.3) is 0 Å². The van der Waals surface area contributed by atoms with Crippen molar-refractivity contribution in [1.82, 2.24) is 14.9 Å². The topological polar surface area (TPSA) is 50.3 Å². The molecule has 1 N–H and O–H groups in total. The largest absolute Gasteiger partial charge is 0.379 e. The van der Waals surface area contributed by atoms with Gasteiger partial charge in [0.1, 0.15) is 11.6 Å². The van der Waals surface area contributed by atoms with Crippen LogP contribution in [0.15, 0.2) is 6.07 Å². The van der Waals surface area contributed by atoms with E-state index in [1.165, 1.54) is 12.8 Å². The second-order valence-electron chi connectivity index (χ2n) is 5.56. The summed E-state index contributed by atoms with van der Waals surface area (Å²) in [6.07, 6.45) is 2.42. The minimum Gasteiger partial charge on any atom is -0.379 e. The zero-order valence-corrected chi connectivity index (χ0v) is 11.7. The summed E-state index contributed by atoms with van der Waals surface area (Å²) < 4.78 is 5.39. The number of nitrogens with one attached hydrogen (secondary N) is 1. The van der Waals surface area contributed by atoms with Gasteiger partial charge < -0.3 is 10.1 Å². The van der Waals surface area contributed by atoms with Crippen LogP contribution < -0.4 is 5.32 Å². The van der Waals surface area contributed by atoms with Gasteiger partial charge in [-0.25, -0.2) is 9.97 Å². The van der Waals surface area contributed by atoms with E-state index in [1.807, 2.05) is 19.9 Å². The maximum absolute atomic E-state index is 5.39. The monoisotopic (exact) mass is 262 g/mol. The van der Waals surface area contributed by atoms with Crippen LogP contribution in [0.1, 0.15) is 24.4 Å². The summed E-state index contributed by atoms with van der Waals surface area (Å²) >= 11 is 0. The molecule has 2 aliphatic rings. The van der Waals surface area contributed by atoms with Gasteiger partial charge >= 0.3 is 0 Å². The molecule has 1 aromatic heterocycles. The highest BCUT2D eigenvalue weighted by Crippen LogP contribution is 2.28. The van der Waals surface area contributed by atoms with E-state index in [9.17, 15) is 0 Å². The van der Waals surface area contributed by atoms with E-state index in [0.717, 1.165) is 49.7 Å². The Balaban J connectivity index is 1.50. The number of nitrogens with zero attached hydrogens (tertiary/aromatic N) is 3. The van der Waals surface area contributed by atoms with Crippen LogP contribution in [0.2, 0.25) is 0 Å². The number of aryl methyl sites for hydroxylation is 2. The van der Waals surface area contributed by atoms with Crippen LogP contribution in [0.4, 0.5) is 5.82 Å². The highest BCUT2D eigenvalue weighted by molar-refractivity contribution is 5.37. The van der Waals surface area contributed by atoms with Crippen LogP contribution in [0.3, 0.4) is 0 Å². The number of rotatable bonds is 3. The molecule has 0 atom stereocenters. The van der Waals surface area contributed by atoms with E-state index >= 15 is 0 Å². The molecule has 3 rings (SSSR count). The van der Waals surface area contributed by atoms with Crippen LogP contribution in [0.5, 0.6) is 0 Å². The zero-order valence-electron chi connectivity index (χ0n) is 11.7. The quantitative estimate of drug-likeness (QED) is 0.891. The molecule has 0 bridgehead atoms. The third-order valence-corrected chi connectivity index (χ3v) is 3.99. The lowest BCUT2D eigenvalue weighted by Crippen LogP contribution is -2.53. The van der Waals surface area contributed by atoms with Crippen molar-refractivity contribution >= 4 is 5.82 Å². The Labute approximate surface area is 114 Å². The van der Waals surface area contributed by atoms with Crippen LogP contribution in [0.25, 0.3) is 0 Å². The molecule has 1 aliphatic carbocycles. The zero-order chi connectivity index (χ0) is 13.2. The Kier molecular flexibility index (Phi) is 3.66. The fourth-order valence-electron chi connectivity index (χ4n) is 2.95. The van der Waals surface area contributed by atoms with Crippen LogP contribution in [0, 0.1) is 13.8 Å². The highest BCUT2D eigenvalue weighted by atomic mass is 16.5. The summed E-state index contributed by atoms with van der Waals surface area (Å²) in [7, 11) is 0. The van der Waals surface area contributed by atoms with E-state index in [-0.39, 0.29) is 0 Å². The predicted octanol–water partition coefficient (Wildman–Crippen LogP) is 1.37. The molecule has 104 valence electrons. The van der Waals surface area contributed by atoms with E-state index in [4.69, 9.17) is 4.74 Å². The summed E-state index contributed by atoms with van der Waals surface area (Å²) in [5.41, 5.74) is 1.03. The molecule has 0 amide bonds. The van der Waals surface area contributed by atoms with Crippen molar-refractivity contribution in [3.05, 3.63) is 17.6 Å². The molecule has 0 radical (unpaired) electrons. The van der Waals surface area contributed by atoms with Gasteiger partial charge in [-0.15, -0.1) is 0 Å². The number of hydrogen-bond donors (Lipinski definition) is 1. The molecule has 0 unspecified atom stereocenters. The molecule has 5 heteroatoms. The lowest BCUT2D eigenvalue weighted by Gasteiger charge is -2.44. The van der Waals surface area contributed by atoms with Crippen molar-refractivity contribution in [3.8, 4) is 0 Å². The summed E-state index contributed by atoms with van der Waals surface area (Å²) in [5, 5.41) is 3.52. The van der Waals surface area contributed by atoms with Crippen molar-refractivity contribution in [2.45, 2.75) is 38.8 Å². The fraction of sp³-hybridized carbons (Fsp3) is 0.714. The number of aromatic nitrogens is 2. The average molecular weight is 262 g/mol. The molecule has 1 saturated heterocycles. The summed E-state index contributed by atoms with van der Waals surface area (Å²) in [6, 6.07) is 3.31. The molecule has 0 spiro atoms. The predicted molar refractivity (Wildman–Crippen MR) is 74.3 cm³/mol. The number of hydrogen-bond acceptors (Lipinski definition) is 5. The Bertz CT molecular complexity index is 419. The maximum Gasteiger partial charge on any atom is 0.130 e. The second kappa shape index (κ2) is 5.43. The molecular formula is C14H22N4O. The van der Waals surface area contributed by atoms with Gasteiger partial charge in [-0.3, -0.25) is 4.90 Å². The normalized spacial score (nSPS) is 27.9. The second-order valence-corrected chi connectivity index (χ2v) is 5.56. The Morgan fingerprint density at radius 3 is 2.63 bits per heavy atom. The molecule has 19 heavy (non-hydrogen) atoms. The van der Waals surface area contributed by atoms with Crippen molar-refractivity contribution < 1.29 is 4.74 Å². The molecule has 2 heterocycles. The molecular weight excluding hydrogens is 240 g/mol. The molecule has 0 aromatic carbocycles. The van der Waals surface area contributed by atoms with E-state index in [0.29, 0.717) is 6.04 Å². The first-order chi connectivity index (χ1) is 9.20. The lowest BCUT2D eigenvalue weighted by molar-refractivity contribution is -0.00439. The van der Waals surface area contributed by atoms with Gasteiger partial charge in [0.2, 0.25) is 0 Å². The minimum absolute atomic E-state index is 0.557. The lowest BCUT2D eigenvalue weighted by atomic mass is 9.85. The van der Waals surface area contributed by atoms with Gasteiger partial charge in [0, 0.05) is 36.9 Å². The van der Waals surface area contributed by atoms with Gasteiger partial charge in [0.15, 0.2) is 0 Å². The van der Waals surface area contributed by atoms with Crippen LogP contribution >= 0.6 is 0 Å². The van der Waals surface area contributed by atoms with Crippen molar-refractivity contribution in [3.63, 3.8) is 0 Å². The summed E-state index contributed by atoms with van der Waals surface area (Å²) in [6.45, 7) is 7.90. The van der Waals surface area contributed by atoms with Crippen molar-refractivity contribution in [2.75, 3.05) is 31.6 Å². The molecule has 5 nitrogen and oxygen atoms in total. The summed E-state index contributed by atoms with van der Waals surface area (Å²) in [4.78, 5) is 11.3. The van der Waals surface area contributed by atoms with E-state index in [1.54, 1.807) is 0 Å². The smallest absolute Gasteiger partial charge is 0.130 e. The van der Waals surface area contributed by atoms with Gasteiger partial charge in [-0.05, 0) is 26.7 Å². The van der Waals surface area contributed by atoms with Crippen molar-refractivity contribution in [1.29, 1.82) is 0 Å². The summed E-state index contributed by atoms with van der Waals surface area (Å²) in [5.74, 6) is 1.81. The minimum atomic E-state index is 0.557. The van der Waals surface area contributed by atoms with E-state index in [2.05, 4.69) is 20.2 Å². The molecule has 1 saturated carbocycles. The Morgan fingerprint density at radius 2 is 1.95 bits per heavy atom. The standard InChI is InChI=1S/C14H22N4O/c1-10-7-14(16-11(2)15-10)17-12-8-13(9-12)18-3-5-19-6-4-18/h7,12-13H,3-6,8-9H2,1-2H3,(H,15,16,17). The highest BCUT2D eigenvalue weighted by Gasteiger charge is 2.34. The fourth-order valence-corrected chi connectivity index (χ4v) is 2.95. The van der Waals surface area contributed by atoms with Crippen LogP contribution in [-0.2, 0) is 4.74 Å². The van der Waals surface area contributed by atoms with Crippen LogP contribution in [-0.4, -0.2) is 53.3 Å². The molecule has 2 fully saturated rings. The first kappa shape index (κ1) is 12.8. The maximum atomic E-state index is 5.39. The first-order valence-corrected chi connectivity index (χ1v) is 7.11. The SMILES string of the molecule is Cc1cc(NC2CC(N3CCOCC3)C2)nc(C)n1. The average Bonchev–Trinajstić information content (AvgIpc) is 2.33. The van der Waals surface area contributed by atoms with Gasteiger partial charge in [-0.2, -0.15) is 0 Å². The van der Waals surface area contributed by atoms with Gasteiger partial charge in [-0.1, -0.05) is 0 Å². The third-order valence-electron chi connectivity index (χ3n) is 3.99. The third kappa shape index (κ3) is 3.04. The number of anilines is 1. The molecule has 1 aromatic rings. The van der Waals surface area contributed by atoms with E-state index < -0.39 is 0 Å². The van der Waals surface area contributed by atoms with Crippen molar-refractivity contribution in [2.24, 2.45) is 0 Å². The molecule has 1 aliphatic heterocycles. The Hall–Kier alpha value is -1.20. The Morgan fingerprint density at radius 1 is 1.21 bits per heavy atom. The number of ether oxygens (including phenoxy) is 1. The first-order valence-electron chi connectivity index (χ1n) is 7.11.